The van der Waals surface area contributed by atoms with Gasteiger partial charge >= 0.3 is 0 Å². The van der Waals surface area contributed by atoms with Gasteiger partial charge in [0.05, 0.1) is 12.0 Å². The fraction of sp³-hybridized carbons (Fsp3) is 0.214. The van der Waals surface area contributed by atoms with E-state index in [4.69, 9.17) is 8.83 Å². The lowest BCUT2D eigenvalue weighted by atomic mass is 10.4. The smallest absolute Gasteiger partial charge is 0.283 e. The predicted octanol–water partition coefficient (Wildman–Crippen LogP) is 2.68. The molecule has 4 rings (SSSR count). The van der Waals surface area contributed by atoms with E-state index >= 15 is 0 Å². The van der Waals surface area contributed by atoms with Gasteiger partial charge in [0.1, 0.15) is 0 Å². The number of hydrogen-bond acceptors (Lipinski definition) is 8. The molecule has 4 aromatic heterocycles. The Bertz CT molecular complexity index is 959. The second-order valence-electron chi connectivity index (χ2n) is 4.91. The molecule has 0 N–H and O–H groups in total. The van der Waals surface area contributed by atoms with Crippen LogP contribution in [0.5, 0.6) is 0 Å². The van der Waals surface area contributed by atoms with Crippen molar-refractivity contribution >= 4 is 17.5 Å². The molecular weight excluding hydrogens is 316 g/mol. The topological polar surface area (TPSA) is 95.1 Å². The van der Waals surface area contributed by atoms with Crippen molar-refractivity contribution in [2.24, 2.45) is 0 Å². The van der Waals surface area contributed by atoms with E-state index in [1.807, 2.05) is 19.9 Å². The summed E-state index contributed by atoms with van der Waals surface area (Å²) in [5.74, 6) is 2.47. The number of hydrogen-bond donors (Lipinski definition) is 0. The molecule has 9 heteroatoms. The minimum absolute atomic E-state index is 0.363. The van der Waals surface area contributed by atoms with Gasteiger partial charge in [0.15, 0.2) is 5.76 Å². The van der Waals surface area contributed by atoms with Gasteiger partial charge in [0.25, 0.3) is 11.7 Å². The van der Waals surface area contributed by atoms with E-state index in [1.165, 1.54) is 11.8 Å². The van der Waals surface area contributed by atoms with Crippen LogP contribution in [0.1, 0.15) is 17.3 Å². The summed E-state index contributed by atoms with van der Waals surface area (Å²) < 4.78 is 12.5. The third-order valence-electron chi connectivity index (χ3n) is 3.12. The fourth-order valence-corrected chi connectivity index (χ4v) is 2.80. The maximum atomic E-state index is 5.55. The standard InChI is InChI=1S/C14H12N6O2S/c1-8-6-9(2)20-13(15-8)16-14(19-20)23-7-11-17-18-12(22-11)10-4-3-5-21-10/h3-6H,7H2,1-2H3. The lowest BCUT2D eigenvalue weighted by molar-refractivity contribution is 0.494. The van der Waals surface area contributed by atoms with Crippen molar-refractivity contribution in [3.8, 4) is 11.7 Å². The molecule has 0 spiro atoms. The highest BCUT2D eigenvalue weighted by atomic mass is 32.2. The highest BCUT2D eigenvalue weighted by Gasteiger charge is 2.13. The zero-order chi connectivity index (χ0) is 15.8. The number of thioether (sulfide) groups is 1. The van der Waals surface area contributed by atoms with Crippen LogP contribution >= 0.6 is 11.8 Å². The number of fused-ring (bicyclic) bond motifs is 1. The second kappa shape index (κ2) is 5.51. The van der Waals surface area contributed by atoms with Gasteiger partial charge in [0, 0.05) is 11.4 Å². The van der Waals surface area contributed by atoms with Crippen LogP contribution in [0.4, 0.5) is 0 Å². The minimum Gasteiger partial charge on any atom is -0.459 e. The molecule has 4 aromatic rings. The van der Waals surface area contributed by atoms with E-state index in [2.05, 4.69) is 25.3 Å². The molecule has 116 valence electrons. The zero-order valence-corrected chi connectivity index (χ0v) is 13.2. The Morgan fingerprint density at radius 1 is 1.22 bits per heavy atom. The third-order valence-corrected chi connectivity index (χ3v) is 3.94. The van der Waals surface area contributed by atoms with Crippen molar-refractivity contribution in [2.75, 3.05) is 0 Å². The first-order valence-corrected chi connectivity index (χ1v) is 7.88. The highest BCUT2D eigenvalue weighted by Crippen LogP contribution is 2.23. The molecule has 0 unspecified atom stereocenters. The van der Waals surface area contributed by atoms with Crippen LogP contribution in [0.3, 0.4) is 0 Å². The number of aromatic nitrogens is 6. The minimum atomic E-state index is 0.363. The van der Waals surface area contributed by atoms with Gasteiger partial charge in [-0.05, 0) is 32.0 Å². The van der Waals surface area contributed by atoms with E-state index in [-0.39, 0.29) is 0 Å². The summed E-state index contributed by atoms with van der Waals surface area (Å²) in [6.45, 7) is 3.90. The van der Waals surface area contributed by atoms with Crippen molar-refractivity contribution < 1.29 is 8.83 Å². The second-order valence-corrected chi connectivity index (χ2v) is 5.85. The van der Waals surface area contributed by atoms with Gasteiger partial charge < -0.3 is 8.83 Å². The fourth-order valence-electron chi connectivity index (χ4n) is 2.15. The Morgan fingerprint density at radius 2 is 2.13 bits per heavy atom. The molecular formula is C14H12N6O2S. The van der Waals surface area contributed by atoms with Crippen molar-refractivity contribution in [1.29, 1.82) is 0 Å². The molecule has 0 amide bonds. The van der Waals surface area contributed by atoms with Crippen LogP contribution in [0.15, 0.2) is 38.5 Å². The zero-order valence-electron chi connectivity index (χ0n) is 12.4. The lowest BCUT2D eigenvalue weighted by Gasteiger charge is -1.97. The summed E-state index contributed by atoms with van der Waals surface area (Å²) in [6, 6.07) is 5.50. The molecule has 0 radical (unpaired) electrons. The molecule has 0 fully saturated rings. The van der Waals surface area contributed by atoms with Gasteiger partial charge in [-0.1, -0.05) is 11.8 Å². The van der Waals surface area contributed by atoms with E-state index in [0.29, 0.717) is 34.2 Å². The Morgan fingerprint density at radius 3 is 2.96 bits per heavy atom. The molecule has 0 aromatic carbocycles. The number of furan rings is 1. The SMILES string of the molecule is Cc1cc(C)n2nc(SCc3nnc(-c4ccco4)o3)nc2n1. The van der Waals surface area contributed by atoms with Crippen LogP contribution in [-0.4, -0.2) is 29.8 Å². The normalized spacial score (nSPS) is 11.4. The summed E-state index contributed by atoms with van der Waals surface area (Å²) in [4.78, 5) is 8.76. The maximum Gasteiger partial charge on any atom is 0.283 e. The van der Waals surface area contributed by atoms with Crippen LogP contribution < -0.4 is 0 Å². The molecule has 4 heterocycles. The number of nitrogens with zero attached hydrogens (tertiary/aromatic N) is 6. The summed E-state index contributed by atoms with van der Waals surface area (Å²) >= 11 is 1.41. The largest absolute Gasteiger partial charge is 0.459 e. The Balaban J connectivity index is 1.52. The first-order valence-electron chi connectivity index (χ1n) is 6.89. The van der Waals surface area contributed by atoms with E-state index in [1.54, 1.807) is 22.9 Å². The molecule has 8 nitrogen and oxygen atoms in total. The van der Waals surface area contributed by atoms with Gasteiger partial charge in [0.2, 0.25) is 11.0 Å². The lowest BCUT2D eigenvalue weighted by Crippen LogP contribution is -1.97. The third kappa shape index (κ3) is 2.70. The first-order chi connectivity index (χ1) is 11.2. The molecule has 0 aliphatic carbocycles. The average Bonchev–Trinajstić information content (AvgIpc) is 3.24. The summed E-state index contributed by atoms with van der Waals surface area (Å²) in [7, 11) is 0. The number of aryl methyl sites for hydroxylation is 2. The van der Waals surface area contributed by atoms with Gasteiger partial charge in [-0.2, -0.15) is 4.98 Å². The van der Waals surface area contributed by atoms with Crippen molar-refractivity contribution in [3.63, 3.8) is 0 Å². The summed E-state index contributed by atoms with van der Waals surface area (Å²) in [6.07, 6.45) is 1.56. The quantitative estimate of drug-likeness (QED) is 0.528. The molecule has 0 bridgehead atoms. The Labute approximate surface area is 135 Å². The Hall–Kier alpha value is -2.68. The van der Waals surface area contributed by atoms with Crippen molar-refractivity contribution in [3.05, 3.63) is 41.7 Å². The van der Waals surface area contributed by atoms with Crippen LogP contribution in [0.2, 0.25) is 0 Å². The Kier molecular flexibility index (Phi) is 3.34. The monoisotopic (exact) mass is 328 g/mol. The van der Waals surface area contributed by atoms with E-state index in [0.717, 1.165) is 11.4 Å². The average molecular weight is 328 g/mol. The predicted molar refractivity (Wildman–Crippen MR) is 81.8 cm³/mol. The van der Waals surface area contributed by atoms with Crippen molar-refractivity contribution in [1.82, 2.24) is 29.8 Å². The van der Waals surface area contributed by atoms with Gasteiger partial charge in [-0.25, -0.2) is 9.50 Å². The van der Waals surface area contributed by atoms with Crippen LogP contribution in [0.25, 0.3) is 17.4 Å². The molecule has 0 saturated carbocycles. The summed E-state index contributed by atoms with van der Waals surface area (Å²) in [5, 5.41) is 13.0. The summed E-state index contributed by atoms with van der Waals surface area (Å²) in [5.41, 5.74) is 1.91. The highest BCUT2D eigenvalue weighted by molar-refractivity contribution is 7.98. The molecule has 0 atom stereocenters. The van der Waals surface area contributed by atoms with Gasteiger partial charge in [-0.3, -0.25) is 0 Å². The maximum absolute atomic E-state index is 5.55. The molecule has 0 saturated heterocycles. The molecule has 23 heavy (non-hydrogen) atoms. The van der Waals surface area contributed by atoms with E-state index < -0.39 is 0 Å². The number of rotatable bonds is 4. The van der Waals surface area contributed by atoms with Crippen LogP contribution in [0, 0.1) is 13.8 Å². The molecule has 0 aliphatic heterocycles. The first kappa shape index (κ1) is 13.9. The van der Waals surface area contributed by atoms with Crippen LogP contribution in [-0.2, 0) is 5.75 Å². The van der Waals surface area contributed by atoms with Crippen molar-refractivity contribution in [2.45, 2.75) is 24.8 Å². The molecule has 0 aliphatic rings. The van der Waals surface area contributed by atoms with E-state index in [9.17, 15) is 0 Å². The van der Waals surface area contributed by atoms with Gasteiger partial charge in [-0.15, -0.1) is 15.3 Å².